The quantitative estimate of drug-likeness (QED) is 0.556. The second-order valence-corrected chi connectivity index (χ2v) is 3.73. The number of rotatable bonds is 4. The molecule has 0 saturated heterocycles. The molecule has 4 heteroatoms. The molecule has 2 rings (SSSR count). The van der Waals surface area contributed by atoms with Crippen LogP contribution in [0.25, 0.3) is 0 Å². The van der Waals surface area contributed by atoms with Gasteiger partial charge in [0.1, 0.15) is 11.6 Å². The van der Waals surface area contributed by atoms with Gasteiger partial charge in [0, 0.05) is 5.69 Å². The number of hydrogen-bond acceptors (Lipinski definition) is 4. The van der Waals surface area contributed by atoms with E-state index in [-0.39, 0.29) is 0 Å². The molecule has 4 N–H and O–H groups in total. The summed E-state index contributed by atoms with van der Waals surface area (Å²) in [5.41, 5.74) is 4.85. The first-order chi connectivity index (χ1) is 8.31. The maximum Gasteiger partial charge on any atom is 0.142 e. The van der Waals surface area contributed by atoms with Crippen LogP contribution in [0.15, 0.2) is 42.5 Å². The zero-order valence-electron chi connectivity index (χ0n) is 9.77. The molecule has 88 valence electrons. The second kappa shape index (κ2) is 5.32. The van der Waals surface area contributed by atoms with Crippen molar-refractivity contribution in [1.82, 2.24) is 4.98 Å². The van der Waals surface area contributed by atoms with E-state index in [0.29, 0.717) is 5.82 Å². The van der Waals surface area contributed by atoms with Crippen LogP contribution >= 0.6 is 0 Å². The van der Waals surface area contributed by atoms with Crippen molar-refractivity contribution in [3.8, 4) is 0 Å². The molecule has 1 heterocycles. The predicted molar refractivity (Wildman–Crippen MR) is 71.1 cm³/mol. The van der Waals surface area contributed by atoms with Gasteiger partial charge in [-0.05, 0) is 36.2 Å². The van der Waals surface area contributed by atoms with Gasteiger partial charge in [0.25, 0.3) is 0 Å². The van der Waals surface area contributed by atoms with E-state index in [4.69, 9.17) is 5.84 Å². The molecule has 0 radical (unpaired) electrons. The van der Waals surface area contributed by atoms with Gasteiger partial charge < -0.3 is 10.7 Å². The van der Waals surface area contributed by atoms with Crippen molar-refractivity contribution < 1.29 is 0 Å². The maximum atomic E-state index is 5.32. The van der Waals surface area contributed by atoms with E-state index in [9.17, 15) is 0 Å². The van der Waals surface area contributed by atoms with Crippen molar-refractivity contribution >= 4 is 17.3 Å². The number of aryl methyl sites for hydroxylation is 1. The van der Waals surface area contributed by atoms with Crippen LogP contribution in [0.3, 0.4) is 0 Å². The number of aromatic nitrogens is 1. The van der Waals surface area contributed by atoms with E-state index < -0.39 is 0 Å². The minimum absolute atomic E-state index is 0.640. The van der Waals surface area contributed by atoms with E-state index in [1.165, 1.54) is 5.56 Å². The Labute approximate surface area is 101 Å². The normalized spacial score (nSPS) is 10.0. The Morgan fingerprint density at radius 1 is 1.12 bits per heavy atom. The number of nitrogens with one attached hydrogen (secondary N) is 2. The van der Waals surface area contributed by atoms with Gasteiger partial charge in [0.15, 0.2) is 0 Å². The summed E-state index contributed by atoms with van der Waals surface area (Å²) in [6.07, 6.45) is 1.02. The third-order valence-electron chi connectivity index (χ3n) is 2.50. The van der Waals surface area contributed by atoms with E-state index in [0.717, 1.165) is 17.9 Å². The van der Waals surface area contributed by atoms with Gasteiger partial charge in [-0.1, -0.05) is 25.1 Å². The monoisotopic (exact) mass is 228 g/mol. The van der Waals surface area contributed by atoms with E-state index in [2.05, 4.69) is 34.8 Å². The average Bonchev–Trinajstić information content (AvgIpc) is 2.39. The van der Waals surface area contributed by atoms with Crippen LogP contribution < -0.4 is 16.6 Å². The minimum atomic E-state index is 0.640. The Hall–Kier alpha value is -2.07. The molecule has 0 bridgehead atoms. The van der Waals surface area contributed by atoms with Gasteiger partial charge in [-0.3, -0.25) is 0 Å². The first kappa shape index (κ1) is 11.4. The summed E-state index contributed by atoms with van der Waals surface area (Å²) in [6, 6.07) is 13.9. The second-order valence-electron chi connectivity index (χ2n) is 3.73. The third kappa shape index (κ3) is 2.95. The highest BCUT2D eigenvalue weighted by Gasteiger charge is 1.98. The summed E-state index contributed by atoms with van der Waals surface area (Å²) in [7, 11) is 0. The van der Waals surface area contributed by atoms with Crippen LogP contribution in [0, 0.1) is 0 Å². The molecule has 0 aliphatic heterocycles. The minimum Gasteiger partial charge on any atom is -0.340 e. The average molecular weight is 228 g/mol. The van der Waals surface area contributed by atoms with Crippen molar-refractivity contribution in [2.75, 3.05) is 10.7 Å². The van der Waals surface area contributed by atoms with Crippen LogP contribution in [-0.2, 0) is 6.42 Å². The molecular formula is C13H16N4. The molecular weight excluding hydrogens is 212 g/mol. The van der Waals surface area contributed by atoms with Crippen LogP contribution in [-0.4, -0.2) is 4.98 Å². The van der Waals surface area contributed by atoms with Gasteiger partial charge in [-0.2, -0.15) is 0 Å². The third-order valence-corrected chi connectivity index (χ3v) is 2.50. The number of nitrogen functional groups attached to an aromatic ring is 1. The topological polar surface area (TPSA) is 63.0 Å². The summed E-state index contributed by atoms with van der Waals surface area (Å²) in [5.74, 6) is 6.73. The molecule has 2 aromatic rings. The Balaban J connectivity index is 2.18. The highest BCUT2D eigenvalue weighted by atomic mass is 15.3. The fourth-order valence-corrected chi connectivity index (χ4v) is 1.60. The Morgan fingerprint density at radius 3 is 2.65 bits per heavy atom. The number of nitrogens with two attached hydrogens (primary N) is 1. The molecule has 0 saturated carbocycles. The summed E-state index contributed by atoms with van der Waals surface area (Å²) < 4.78 is 0. The van der Waals surface area contributed by atoms with Gasteiger partial charge in [-0.25, -0.2) is 10.8 Å². The number of pyridine rings is 1. The van der Waals surface area contributed by atoms with Gasteiger partial charge in [0.2, 0.25) is 0 Å². The largest absolute Gasteiger partial charge is 0.340 e. The van der Waals surface area contributed by atoms with Crippen LogP contribution in [0.1, 0.15) is 12.5 Å². The fourth-order valence-electron chi connectivity index (χ4n) is 1.60. The van der Waals surface area contributed by atoms with Gasteiger partial charge in [-0.15, -0.1) is 0 Å². The van der Waals surface area contributed by atoms with Gasteiger partial charge in [0.05, 0.1) is 0 Å². The number of benzene rings is 1. The number of hydrazine groups is 1. The van der Waals surface area contributed by atoms with Crippen molar-refractivity contribution in [2.24, 2.45) is 5.84 Å². The van der Waals surface area contributed by atoms with Crippen molar-refractivity contribution in [1.29, 1.82) is 0 Å². The van der Waals surface area contributed by atoms with Crippen molar-refractivity contribution in [3.05, 3.63) is 48.0 Å². The molecule has 1 aromatic heterocycles. The zero-order valence-corrected chi connectivity index (χ0v) is 9.77. The lowest BCUT2D eigenvalue weighted by atomic mass is 10.1. The summed E-state index contributed by atoms with van der Waals surface area (Å²) in [6.45, 7) is 2.14. The van der Waals surface area contributed by atoms with Gasteiger partial charge >= 0.3 is 0 Å². The molecule has 4 nitrogen and oxygen atoms in total. The van der Waals surface area contributed by atoms with Crippen molar-refractivity contribution in [3.63, 3.8) is 0 Å². The van der Waals surface area contributed by atoms with Crippen LogP contribution in [0.2, 0.25) is 0 Å². The van der Waals surface area contributed by atoms with Crippen LogP contribution in [0.4, 0.5) is 17.3 Å². The summed E-state index contributed by atoms with van der Waals surface area (Å²) >= 11 is 0. The molecule has 1 aromatic carbocycles. The Kier molecular flexibility index (Phi) is 3.57. The molecule has 0 fully saturated rings. The first-order valence-corrected chi connectivity index (χ1v) is 5.61. The maximum absolute atomic E-state index is 5.32. The lowest BCUT2D eigenvalue weighted by molar-refractivity contribution is 1.14. The highest BCUT2D eigenvalue weighted by Crippen LogP contribution is 2.17. The number of nitrogens with zero attached hydrogens (tertiary/aromatic N) is 1. The molecule has 0 spiro atoms. The summed E-state index contributed by atoms with van der Waals surface area (Å²) in [5, 5.41) is 3.25. The smallest absolute Gasteiger partial charge is 0.142 e. The zero-order chi connectivity index (χ0) is 12.1. The van der Waals surface area contributed by atoms with Crippen LogP contribution in [0.5, 0.6) is 0 Å². The lowest BCUT2D eigenvalue weighted by Crippen LogP contribution is -2.08. The Morgan fingerprint density at radius 2 is 1.88 bits per heavy atom. The molecule has 17 heavy (non-hydrogen) atoms. The highest BCUT2D eigenvalue weighted by molar-refractivity contribution is 5.58. The predicted octanol–water partition coefficient (Wildman–Crippen LogP) is 2.67. The molecule has 0 aliphatic rings. The molecule has 0 atom stereocenters. The van der Waals surface area contributed by atoms with E-state index >= 15 is 0 Å². The van der Waals surface area contributed by atoms with E-state index in [1.54, 1.807) is 0 Å². The van der Waals surface area contributed by atoms with Crippen molar-refractivity contribution in [2.45, 2.75) is 13.3 Å². The lowest BCUT2D eigenvalue weighted by Gasteiger charge is -2.08. The Bertz CT molecular complexity index is 451. The van der Waals surface area contributed by atoms with E-state index in [1.807, 2.05) is 30.3 Å². The number of anilines is 3. The standard InChI is InChI=1S/C13H16N4/c1-2-10-5-3-6-11(9-10)15-12-7-4-8-13(16-12)17-14/h3-9H,2,14H2,1H3,(H2,15,16,17). The SMILES string of the molecule is CCc1cccc(Nc2cccc(NN)n2)c1. The summed E-state index contributed by atoms with van der Waals surface area (Å²) in [4.78, 5) is 4.29. The fraction of sp³-hybridized carbons (Fsp3) is 0.154. The molecule has 0 unspecified atom stereocenters. The molecule has 0 amide bonds. The molecule has 0 aliphatic carbocycles. The first-order valence-electron chi connectivity index (χ1n) is 5.61. The number of hydrogen-bond donors (Lipinski definition) is 3.